The summed E-state index contributed by atoms with van der Waals surface area (Å²) < 4.78 is 0. The fourth-order valence-corrected chi connectivity index (χ4v) is 7.60. The van der Waals surface area contributed by atoms with Crippen LogP contribution in [0.5, 0.6) is 0 Å². The highest BCUT2D eigenvalue weighted by molar-refractivity contribution is 5.76. The van der Waals surface area contributed by atoms with Gasteiger partial charge in [0, 0.05) is 6.42 Å². The summed E-state index contributed by atoms with van der Waals surface area (Å²) in [6.45, 7) is 4.32. The first-order valence-corrected chi connectivity index (χ1v) is 24.7. The summed E-state index contributed by atoms with van der Waals surface area (Å²) in [6, 6.07) is -0.531. The fraction of sp³-hybridized carbons (Fsp3) is 0.863. The van der Waals surface area contributed by atoms with Gasteiger partial charge in [0.25, 0.3) is 0 Å². The van der Waals surface area contributed by atoms with E-state index in [9.17, 15) is 15.0 Å². The van der Waals surface area contributed by atoms with Crippen molar-refractivity contribution in [2.75, 3.05) is 6.61 Å². The molecule has 0 spiro atoms. The number of aliphatic hydroxyl groups excluding tert-OH is 2. The maximum atomic E-state index is 12.4. The number of carbonyl (C=O) groups excluding carboxylic acids is 1. The second-order valence-corrected chi connectivity index (χ2v) is 16.9. The molecule has 0 heterocycles. The first-order chi connectivity index (χ1) is 27.2. The largest absolute Gasteiger partial charge is 0.394 e. The van der Waals surface area contributed by atoms with Gasteiger partial charge in [-0.2, -0.15) is 0 Å². The second-order valence-electron chi connectivity index (χ2n) is 16.9. The van der Waals surface area contributed by atoms with E-state index in [1.807, 2.05) is 0 Å². The summed E-state index contributed by atoms with van der Waals surface area (Å²) in [7, 11) is 0. The van der Waals surface area contributed by atoms with E-state index in [2.05, 4.69) is 55.6 Å². The van der Waals surface area contributed by atoms with Crippen LogP contribution in [-0.2, 0) is 4.79 Å². The summed E-state index contributed by atoms with van der Waals surface area (Å²) in [5.41, 5.74) is 0. The summed E-state index contributed by atoms with van der Waals surface area (Å²) in [6.07, 6.45) is 62.7. The van der Waals surface area contributed by atoms with Crippen LogP contribution in [0.15, 0.2) is 36.5 Å². The molecule has 3 N–H and O–H groups in total. The Labute approximate surface area is 344 Å². The van der Waals surface area contributed by atoms with E-state index in [1.54, 1.807) is 0 Å². The highest BCUT2D eigenvalue weighted by atomic mass is 16.3. The number of allylic oxidation sites excluding steroid dienone is 6. The standard InChI is InChI=1S/C51H97NO3/c1-3-5-7-9-11-13-14-15-16-17-18-19-20-21-22-23-24-25-26-27-28-29-30-31-32-33-34-35-36-37-38-39-41-43-45-47-51(55)52-49(48-53)50(54)46-44-42-40-12-10-8-6-4-2/h14-15,17-18,20-21,49-50,53-54H,3-13,16,19,22-48H2,1-2H3,(H,52,55)/b15-14-,18-17-,21-20-. The van der Waals surface area contributed by atoms with Gasteiger partial charge in [0.05, 0.1) is 18.8 Å². The van der Waals surface area contributed by atoms with Crippen LogP contribution >= 0.6 is 0 Å². The molecule has 1 amide bonds. The number of unbranched alkanes of at least 4 members (excludes halogenated alkanes) is 32. The van der Waals surface area contributed by atoms with E-state index in [0.717, 1.165) is 38.5 Å². The molecule has 55 heavy (non-hydrogen) atoms. The maximum Gasteiger partial charge on any atom is 0.220 e. The van der Waals surface area contributed by atoms with Gasteiger partial charge >= 0.3 is 0 Å². The van der Waals surface area contributed by atoms with Crippen LogP contribution in [-0.4, -0.2) is 34.9 Å². The minimum atomic E-state index is -0.654. The van der Waals surface area contributed by atoms with Crippen LogP contribution < -0.4 is 5.32 Å². The Kier molecular flexibility index (Phi) is 45.8. The van der Waals surface area contributed by atoms with Crippen LogP contribution in [0.1, 0.15) is 264 Å². The van der Waals surface area contributed by atoms with Gasteiger partial charge in [0.15, 0.2) is 0 Å². The van der Waals surface area contributed by atoms with Gasteiger partial charge in [0.1, 0.15) is 0 Å². The molecule has 0 fully saturated rings. The number of rotatable bonds is 45. The monoisotopic (exact) mass is 772 g/mol. The smallest absolute Gasteiger partial charge is 0.220 e. The van der Waals surface area contributed by atoms with Gasteiger partial charge in [-0.3, -0.25) is 4.79 Å². The van der Waals surface area contributed by atoms with Gasteiger partial charge in [-0.05, 0) is 51.4 Å². The van der Waals surface area contributed by atoms with Crippen LogP contribution in [0.3, 0.4) is 0 Å². The third-order valence-corrected chi connectivity index (χ3v) is 11.4. The Bertz CT molecular complexity index is 836. The molecule has 0 rings (SSSR count). The molecule has 0 aliphatic rings. The number of hydrogen-bond acceptors (Lipinski definition) is 3. The molecule has 0 saturated heterocycles. The van der Waals surface area contributed by atoms with Crippen molar-refractivity contribution in [1.29, 1.82) is 0 Å². The third-order valence-electron chi connectivity index (χ3n) is 11.4. The van der Waals surface area contributed by atoms with E-state index in [0.29, 0.717) is 12.8 Å². The number of amides is 1. The molecule has 4 heteroatoms. The van der Waals surface area contributed by atoms with Gasteiger partial charge in [-0.15, -0.1) is 0 Å². The molecule has 4 nitrogen and oxygen atoms in total. The van der Waals surface area contributed by atoms with Crippen molar-refractivity contribution in [1.82, 2.24) is 5.32 Å². The predicted molar refractivity (Wildman–Crippen MR) is 244 cm³/mol. The summed E-state index contributed by atoms with van der Waals surface area (Å²) >= 11 is 0. The average Bonchev–Trinajstić information content (AvgIpc) is 3.19. The van der Waals surface area contributed by atoms with Crippen LogP contribution in [0.4, 0.5) is 0 Å². The summed E-state index contributed by atoms with van der Waals surface area (Å²) in [5.74, 6) is -0.0318. The van der Waals surface area contributed by atoms with E-state index in [1.165, 1.54) is 199 Å². The van der Waals surface area contributed by atoms with Crippen molar-refractivity contribution in [2.45, 2.75) is 276 Å². The zero-order valence-electron chi connectivity index (χ0n) is 37.2. The molecule has 324 valence electrons. The third kappa shape index (κ3) is 43.6. The predicted octanol–water partition coefficient (Wildman–Crippen LogP) is 15.7. The number of aliphatic hydroxyl groups is 2. The van der Waals surface area contributed by atoms with Gasteiger partial charge in [-0.25, -0.2) is 0 Å². The molecular weight excluding hydrogens is 675 g/mol. The van der Waals surface area contributed by atoms with Gasteiger partial charge in [-0.1, -0.05) is 243 Å². The highest BCUT2D eigenvalue weighted by Gasteiger charge is 2.20. The SMILES string of the molecule is CCCCCCC/C=C\C/C=C\C/C=C\CCCCCCCCCCCCCCCCCCCCCCC(=O)NC(CO)C(O)CCCCCCCCCC. The molecule has 0 aromatic heterocycles. The van der Waals surface area contributed by atoms with Crippen LogP contribution in [0.25, 0.3) is 0 Å². The highest BCUT2D eigenvalue weighted by Crippen LogP contribution is 2.16. The molecule has 0 bridgehead atoms. The van der Waals surface area contributed by atoms with Crippen molar-refractivity contribution in [3.8, 4) is 0 Å². The molecule has 0 aromatic carbocycles. The van der Waals surface area contributed by atoms with Crippen molar-refractivity contribution < 1.29 is 15.0 Å². The Hall–Kier alpha value is -1.39. The maximum absolute atomic E-state index is 12.4. The zero-order chi connectivity index (χ0) is 40.0. The Morgan fingerprint density at radius 1 is 0.436 bits per heavy atom. The molecule has 0 saturated carbocycles. The van der Waals surface area contributed by atoms with Crippen molar-refractivity contribution in [3.05, 3.63) is 36.5 Å². The second kappa shape index (κ2) is 47.0. The fourth-order valence-electron chi connectivity index (χ4n) is 7.60. The summed E-state index contributed by atoms with van der Waals surface area (Å²) in [5, 5.41) is 23.0. The zero-order valence-corrected chi connectivity index (χ0v) is 37.2. The number of carbonyl (C=O) groups is 1. The quantitative estimate of drug-likeness (QED) is 0.0426. The van der Waals surface area contributed by atoms with E-state index < -0.39 is 12.1 Å². The lowest BCUT2D eigenvalue weighted by Crippen LogP contribution is -2.45. The van der Waals surface area contributed by atoms with Crippen LogP contribution in [0, 0.1) is 0 Å². The lowest BCUT2D eigenvalue weighted by molar-refractivity contribution is -0.123. The topological polar surface area (TPSA) is 69.6 Å². The molecular formula is C51H97NO3. The molecule has 2 unspecified atom stereocenters. The Morgan fingerprint density at radius 2 is 0.745 bits per heavy atom. The molecule has 0 aromatic rings. The van der Waals surface area contributed by atoms with Crippen molar-refractivity contribution >= 4 is 5.91 Å². The van der Waals surface area contributed by atoms with E-state index in [4.69, 9.17) is 0 Å². The Balaban J connectivity index is 3.37. The van der Waals surface area contributed by atoms with Gasteiger partial charge in [0.2, 0.25) is 5.91 Å². The van der Waals surface area contributed by atoms with Gasteiger partial charge < -0.3 is 15.5 Å². The number of nitrogens with one attached hydrogen (secondary N) is 1. The lowest BCUT2D eigenvalue weighted by Gasteiger charge is -2.22. The minimum absolute atomic E-state index is 0.0318. The normalized spacial score (nSPS) is 13.2. The molecule has 0 aliphatic heterocycles. The first kappa shape index (κ1) is 53.6. The van der Waals surface area contributed by atoms with Crippen LogP contribution in [0.2, 0.25) is 0 Å². The van der Waals surface area contributed by atoms with E-state index in [-0.39, 0.29) is 12.5 Å². The Morgan fingerprint density at radius 3 is 1.11 bits per heavy atom. The number of hydrogen-bond donors (Lipinski definition) is 3. The van der Waals surface area contributed by atoms with Crippen molar-refractivity contribution in [2.24, 2.45) is 0 Å². The average molecular weight is 772 g/mol. The minimum Gasteiger partial charge on any atom is -0.394 e. The lowest BCUT2D eigenvalue weighted by atomic mass is 10.0. The molecule has 2 atom stereocenters. The first-order valence-electron chi connectivity index (χ1n) is 24.7. The van der Waals surface area contributed by atoms with Crippen molar-refractivity contribution in [3.63, 3.8) is 0 Å². The van der Waals surface area contributed by atoms with E-state index >= 15 is 0 Å². The molecule has 0 radical (unpaired) electrons. The summed E-state index contributed by atoms with van der Waals surface area (Å²) in [4.78, 5) is 12.4. The molecule has 0 aliphatic carbocycles.